The third-order valence-electron chi connectivity index (χ3n) is 1.45. The lowest BCUT2D eigenvalue weighted by atomic mass is 10.2. The third-order valence-corrected chi connectivity index (χ3v) is 2.45. The van der Waals surface area contributed by atoms with Crippen molar-refractivity contribution in [3.63, 3.8) is 0 Å². The summed E-state index contributed by atoms with van der Waals surface area (Å²) in [5.74, 6) is -0.187. The zero-order chi connectivity index (χ0) is 9.35. The first-order chi connectivity index (χ1) is 5.41. The van der Waals surface area contributed by atoms with Crippen LogP contribution < -0.4 is 0 Å². The quantitative estimate of drug-likeness (QED) is 0.636. The number of aromatic hydroxyl groups is 1. The molecular weight excluding hydrogens is 196 g/mol. The lowest BCUT2D eigenvalue weighted by Crippen LogP contribution is -2.00. The standard InChI is InChI=1S/C7H8O4S.H2O/c1-5-2-3-6(8)4-7(5)12(9,10)11;/h2-4,8H,1H3,(H,9,10,11);1H2. The van der Waals surface area contributed by atoms with Crippen LogP contribution in [0.25, 0.3) is 0 Å². The van der Waals surface area contributed by atoms with Gasteiger partial charge in [0.2, 0.25) is 0 Å². The molecule has 6 heteroatoms. The molecule has 0 spiro atoms. The molecule has 5 nitrogen and oxygen atoms in total. The van der Waals surface area contributed by atoms with Crippen molar-refractivity contribution in [1.82, 2.24) is 0 Å². The molecule has 1 aromatic carbocycles. The topological polar surface area (TPSA) is 106 Å². The molecule has 13 heavy (non-hydrogen) atoms. The van der Waals surface area contributed by atoms with Gasteiger partial charge in [-0.15, -0.1) is 0 Å². The van der Waals surface area contributed by atoms with E-state index in [0.717, 1.165) is 6.07 Å². The van der Waals surface area contributed by atoms with Gasteiger partial charge in [-0.1, -0.05) is 6.07 Å². The Kier molecular flexibility index (Phi) is 3.42. The molecule has 0 aromatic heterocycles. The monoisotopic (exact) mass is 206 g/mol. The zero-order valence-electron chi connectivity index (χ0n) is 6.85. The molecular formula is C7H10O5S. The third kappa shape index (κ3) is 2.69. The van der Waals surface area contributed by atoms with Gasteiger partial charge in [0.15, 0.2) is 0 Å². The molecule has 0 radical (unpaired) electrons. The number of benzene rings is 1. The van der Waals surface area contributed by atoms with Crippen LogP contribution in [0.4, 0.5) is 0 Å². The van der Waals surface area contributed by atoms with E-state index in [-0.39, 0.29) is 16.1 Å². The van der Waals surface area contributed by atoms with Crippen molar-refractivity contribution >= 4 is 10.1 Å². The van der Waals surface area contributed by atoms with Gasteiger partial charge in [-0.2, -0.15) is 8.42 Å². The molecule has 0 atom stereocenters. The van der Waals surface area contributed by atoms with E-state index in [2.05, 4.69) is 0 Å². The molecule has 4 N–H and O–H groups in total. The predicted molar refractivity (Wildman–Crippen MR) is 46.3 cm³/mol. The van der Waals surface area contributed by atoms with Crippen LogP contribution in [0.2, 0.25) is 0 Å². The summed E-state index contributed by atoms with van der Waals surface area (Å²) in [5.41, 5.74) is 0.398. The average molecular weight is 206 g/mol. The second-order valence-corrected chi connectivity index (χ2v) is 3.81. The van der Waals surface area contributed by atoms with E-state index in [1.165, 1.54) is 19.1 Å². The lowest BCUT2D eigenvalue weighted by molar-refractivity contribution is 0.465. The van der Waals surface area contributed by atoms with Crippen molar-refractivity contribution in [3.8, 4) is 5.75 Å². The van der Waals surface area contributed by atoms with Crippen LogP contribution in [0, 0.1) is 6.92 Å². The van der Waals surface area contributed by atoms with Gasteiger partial charge >= 0.3 is 0 Å². The minimum absolute atomic E-state index is 0. The highest BCUT2D eigenvalue weighted by atomic mass is 32.2. The number of phenolic OH excluding ortho intramolecular Hbond substituents is 1. The van der Waals surface area contributed by atoms with Gasteiger partial charge in [0.1, 0.15) is 10.6 Å². The number of hydrogen-bond acceptors (Lipinski definition) is 3. The molecule has 0 aliphatic carbocycles. The van der Waals surface area contributed by atoms with Gasteiger partial charge in [0, 0.05) is 6.07 Å². The Morgan fingerprint density at radius 3 is 2.23 bits per heavy atom. The number of rotatable bonds is 1. The summed E-state index contributed by atoms with van der Waals surface area (Å²) in [4.78, 5) is -0.262. The van der Waals surface area contributed by atoms with E-state index >= 15 is 0 Å². The Hall–Kier alpha value is -1.11. The summed E-state index contributed by atoms with van der Waals surface area (Å²) in [6.07, 6.45) is 0. The second kappa shape index (κ2) is 3.73. The summed E-state index contributed by atoms with van der Waals surface area (Å²) < 4.78 is 30.0. The molecule has 1 aromatic rings. The second-order valence-electron chi connectivity index (χ2n) is 2.42. The van der Waals surface area contributed by atoms with Crippen LogP contribution in [0.5, 0.6) is 5.75 Å². The smallest absolute Gasteiger partial charge is 0.294 e. The van der Waals surface area contributed by atoms with Crippen molar-refractivity contribution in [2.45, 2.75) is 11.8 Å². The average Bonchev–Trinajstić information content (AvgIpc) is 1.92. The highest BCUT2D eigenvalue weighted by Crippen LogP contribution is 2.19. The first-order valence-corrected chi connectivity index (χ1v) is 4.62. The van der Waals surface area contributed by atoms with E-state index in [1.54, 1.807) is 0 Å². The molecule has 0 heterocycles. The van der Waals surface area contributed by atoms with Crippen LogP contribution in [-0.2, 0) is 10.1 Å². The van der Waals surface area contributed by atoms with Crippen LogP contribution in [0.1, 0.15) is 5.56 Å². The molecule has 0 bridgehead atoms. The lowest BCUT2D eigenvalue weighted by Gasteiger charge is -2.01. The van der Waals surface area contributed by atoms with Crippen molar-refractivity contribution in [1.29, 1.82) is 0 Å². The molecule has 74 valence electrons. The fourth-order valence-electron chi connectivity index (χ4n) is 0.867. The van der Waals surface area contributed by atoms with Crippen LogP contribution in [0.3, 0.4) is 0 Å². The Morgan fingerprint density at radius 1 is 1.31 bits per heavy atom. The highest BCUT2D eigenvalue weighted by Gasteiger charge is 2.12. The van der Waals surface area contributed by atoms with Gasteiger partial charge in [0.25, 0.3) is 10.1 Å². The Labute approximate surface area is 75.7 Å². The molecule has 0 aliphatic heterocycles. The SMILES string of the molecule is Cc1ccc(O)cc1S(=O)(=O)O.O. The summed E-state index contributed by atoms with van der Waals surface area (Å²) in [5, 5.41) is 8.93. The summed E-state index contributed by atoms with van der Waals surface area (Å²) >= 11 is 0. The zero-order valence-corrected chi connectivity index (χ0v) is 7.67. The van der Waals surface area contributed by atoms with E-state index in [1.807, 2.05) is 0 Å². The molecule has 0 fully saturated rings. The summed E-state index contributed by atoms with van der Waals surface area (Å²) in [6.45, 7) is 1.53. The predicted octanol–water partition coefficient (Wildman–Crippen LogP) is 0.123. The number of aryl methyl sites for hydroxylation is 1. The Balaban J connectivity index is 0.00000144. The normalized spacial score (nSPS) is 10.6. The molecule has 0 amide bonds. The fourth-order valence-corrected chi connectivity index (χ4v) is 1.61. The van der Waals surface area contributed by atoms with E-state index in [4.69, 9.17) is 9.66 Å². The number of phenols is 1. The summed E-state index contributed by atoms with van der Waals surface area (Å²) in [7, 11) is -4.22. The van der Waals surface area contributed by atoms with Gasteiger partial charge < -0.3 is 10.6 Å². The fraction of sp³-hybridized carbons (Fsp3) is 0.143. The van der Waals surface area contributed by atoms with E-state index < -0.39 is 10.1 Å². The van der Waals surface area contributed by atoms with Crippen LogP contribution >= 0.6 is 0 Å². The minimum Gasteiger partial charge on any atom is -0.508 e. The Bertz CT molecular complexity index is 395. The molecule has 1 rings (SSSR count). The van der Waals surface area contributed by atoms with Crippen LogP contribution in [0.15, 0.2) is 23.1 Å². The molecule has 0 saturated carbocycles. The van der Waals surface area contributed by atoms with Crippen molar-refractivity contribution in [2.75, 3.05) is 0 Å². The highest BCUT2D eigenvalue weighted by molar-refractivity contribution is 7.85. The largest absolute Gasteiger partial charge is 0.508 e. The van der Waals surface area contributed by atoms with Crippen molar-refractivity contribution in [2.24, 2.45) is 0 Å². The van der Waals surface area contributed by atoms with Gasteiger partial charge in [-0.05, 0) is 18.6 Å². The van der Waals surface area contributed by atoms with Crippen molar-refractivity contribution in [3.05, 3.63) is 23.8 Å². The van der Waals surface area contributed by atoms with Crippen LogP contribution in [-0.4, -0.2) is 23.6 Å². The summed E-state index contributed by atoms with van der Waals surface area (Å²) in [6, 6.07) is 3.77. The van der Waals surface area contributed by atoms with E-state index in [0.29, 0.717) is 5.56 Å². The Morgan fingerprint density at radius 2 is 1.85 bits per heavy atom. The van der Waals surface area contributed by atoms with Gasteiger partial charge in [-0.25, -0.2) is 0 Å². The van der Waals surface area contributed by atoms with Gasteiger partial charge in [0.05, 0.1) is 0 Å². The first-order valence-electron chi connectivity index (χ1n) is 3.18. The van der Waals surface area contributed by atoms with Gasteiger partial charge in [-0.3, -0.25) is 4.55 Å². The maximum Gasteiger partial charge on any atom is 0.294 e. The van der Waals surface area contributed by atoms with E-state index in [9.17, 15) is 8.42 Å². The van der Waals surface area contributed by atoms with Crippen molar-refractivity contribution < 1.29 is 23.6 Å². The molecule has 0 saturated heterocycles. The molecule has 0 unspecified atom stereocenters. The minimum atomic E-state index is -4.22. The maximum absolute atomic E-state index is 10.7. The molecule has 0 aliphatic rings. The first kappa shape index (κ1) is 11.9. The maximum atomic E-state index is 10.7. The number of hydrogen-bond donors (Lipinski definition) is 2.